The summed E-state index contributed by atoms with van der Waals surface area (Å²) in [5, 5.41) is 2.51. The first-order chi connectivity index (χ1) is 11.9. The second-order valence-corrected chi connectivity index (χ2v) is 9.42. The van der Waals surface area contributed by atoms with Gasteiger partial charge in [-0.1, -0.05) is 0 Å². The highest BCUT2D eigenvalue weighted by molar-refractivity contribution is 5.90. The molecule has 158 valence electrons. The second-order valence-electron chi connectivity index (χ2n) is 9.42. The highest BCUT2D eigenvalue weighted by Gasteiger charge is 2.31. The third kappa shape index (κ3) is 13.2. The molecule has 0 aromatic heterocycles. The summed E-state index contributed by atoms with van der Waals surface area (Å²) in [6.07, 6.45) is -0.301. The van der Waals surface area contributed by atoms with Crippen molar-refractivity contribution >= 4 is 17.8 Å². The van der Waals surface area contributed by atoms with Crippen molar-refractivity contribution in [3.8, 4) is 0 Å². The molecule has 0 heterocycles. The SMILES string of the molecule is CC(C)(C)OC[C@H](NC(=O)[C@@H](N)CC(=O)OC(C)(C)C)C(=O)OC(C)(C)C. The van der Waals surface area contributed by atoms with E-state index in [1.807, 2.05) is 20.8 Å². The van der Waals surface area contributed by atoms with Crippen LogP contribution in [0.25, 0.3) is 0 Å². The van der Waals surface area contributed by atoms with Crippen LogP contribution in [0.3, 0.4) is 0 Å². The van der Waals surface area contributed by atoms with Crippen molar-refractivity contribution < 1.29 is 28.6 Å². The lowest BCUT2D eigenvalue weighted by molar-refractivity contribution is -0.162. The fourth-order valence-corrected chi connectivity index (χ4v) is 1.81. The average Bonchev–Trinajstić information content (AvgIpc) is 2.37. The molecule has 0 saturated carbocycles. The van der Waals surface area contributed by atoms with Gasteiger partial charge < -0.3 is 25.3 Å². The molecular weight excluding hydrogens is 352 g/mol. The molecule has 0 rings (SSSR count). The molecule has 8 nitrogen and oxygen atoms in total. The van der Waals surface area contributed by atoms with E-state index in [9.17, 15) is 14.4 Å². The maximum atomic E-state index is 12.4. The number of carbonyl (C=O) groups is 3. The Kier molecular flexibility index (Phi) is 8.92. The van der Waals surface area contributed by atoms with Gasteiger partial charge in [0.2, 0.25) is 5.91 Å². The van der Waals surface area contributed by atoms with E-state index in [4.69, 9.17) is 19.9 Å². The molecule has 2 atom stereocenters. The van der Waals surface area contributed by atoms with Gasteiger partial charge in [-0.2, -0.15) is 0 Å². The first kappa shape index (κ1) is 25.3. The van der Waals surface area contributed by atoms with E-state index in [1.165, 1.54) is 0 Å². The van der Waals surface area contributed by atoms with E-state index in [0.29, 0.717) is 0 Å². The molecule has 0 bridgehead atoms. The Morgan fingerprint density at radius 3 is 1.74 bits per heavy atom. The summed E-state index contributed by atoms with van der Waals surface area (Å²) in [5.74, 6) is -1.89. The van der Waals surface area contributed by atoms with E-state index in [2.05, 4.69) is 5.32 Å². The monoisotopic (exact) mass is 388 g/mol. The van der Waals surface area contributed by atoms with Crippen LogP contribution in [0.1, 0.15) is 68.7 Å². The first-order valence-electron chi connectivity index (χ1n) is 9.04. The molecule has 0 aliphatic heterocycles. The zero-order valence-electron chi connectivity index (χ0n) is 18.1. The van der Waals surface area contributed by atoms with E-state index < -0.39 is 46.7 Å². The number of ether oxygens (including phenoxy) is 3. The molecule has 0 unspecified atom stereocenters. The minimum Gasteiger partial charge on any atom is -0.460 e. The highest BCUT2D eigenvalue weighted by atomic mass is 16.6. The molecule has 1 amide bonds. The van der Waals surface area contributed by atoms with E-state index in [1.54, 1.807) is 41.5 Å². The second kappa shape index (κ2) is 9.50. The number of hydrogen-bond donors (Lipinski definition) is 2. The third-order valence-electron chi connectivity index (χ3n) is 2.83. The van der Waals surface area contributed by atoms with Crippen LogP contribution in [-0.4, -0.2) is 53.3 Å². The molecule has 0 spiro atoms. The van der Waals surface area contributed by atoms with Gasteiger partial charge in [0.05, 0.1) is 24.7 Å². The molecule has 0 aliphatic carbocycles. The largest absolute Gasteiger partial charge is 0.460 e. The Hall–Kier alpha value is -1.67. The van der Waals surface area contributed by atoms with Crippen molar-refractivity contribution in [3.63, 3.8) is 0 Å². The number of amides is 1. The van der Waals surface area contributed by atoms with Crippen LogP contribution in [0.4, 0.5) is 0 Å². The van der Waals surface area contributed by atoms with Crippen molar-refractivity contribution in [1.82, 2.24) is 5.32 Å². The Labute approximate surface area is 162 Å². The van der Waals surface area contributed by atoms with Crippen LogP contribution in [0.5, 0.6) is 0 Å². The molecule has 0 aromatic carbocycles. The van der Waals surface area contributed by atoms with Gasteiger partial charge in [0.15, 0.2) is 6.04 Å². The van der Waals surface area contributed by atoms with Gasteiger partial charge in [-0.15, -0.1) is 0 Å². The molecule has 8 heteroatoms. The van der Waals surface area contributed by atoms with Crippen LogP contribution in [0.15, 0.2) is 0 Å². The number of hydrogen-bond acceptors (Lipinski definition) is 7. The number of esters is 2. The Balaban J connectivity index is 4.99. The Bertz CT molecular complexity index is 526. The molecule has 27 heavy (non-hydrogen) atoms. The van der Waals surface area contributed by atoms with Crippen molar-refractivity contribution in [1.29, 1.82) is 0 Å². The molecule has 0 fully saturated rings. The minimum atomic E-state index is -1.15. The predicted molar refractivity (Wildman–Crippen MR) is 102 cm³/mol. The third-order valence-corrected chi connectivity index (χ3v) is 2.83. The molecule has 0 aromatic rings. The van der Waals surface area contributed by atoms with Crippen molar-refractivity contribution in [3.05, 3.63) is 0 Å². The van der Waals surface area contributed by atoms with Gasteiger partial charge in [0.25, 0.3) is 0 Å². The fourth-order valence-electron chi connectivity index (χ4n) is 1.81. The fraction of sp³-hybridized carbons (Fsp3) is 0.842. The van der Waals surface area contributed by atoms with Crippen molar-refractivity contribution in [2.75, 3.05) is 6.61 Å². The van der Waals surface area contributed by atoms with Gasteiger partial charge in [-0.3, -0.25) is 9.59 Å². The lowest BCUT2D eigenvalue weighted by Gasteiger charge is -2.28. The summed E-state index contributed by atoms with van der Waals surface area (Å²) in [4.78, 5) is 36.6. The van der Waals surface area contributed by atoms with Crippen molar-refractivity contribution in [2.45, 2.75) is 97.6 Å². The van der Waals surface area contributed by atoms with Crippen molar-refractivity contribution in [2.24, 2.45) is 5.73 Å². The van der Waals surface area contributed by atoms with E-state index >= 15 is 0 Å². The first-order valence-corrected chi connectivity index (χ1v) is 9.04. The van der Waals surface area contributed by atoms with E-state index in [0.717, 1.165) is 0 Å². The average molecular weight is 389 g/mol. The number of nitrogens with two attached hydrogens (primary N) is 1. The maximum absolute atomic E-state index is 12.4. The standard InChI is InChI=1S/C19H36N2O6/c1-17(2,3)25-11-13(16(24)27-19(7,8)9)21-15(23)12(20)10-14(22)26-18(4,5)6/h12-13H,10-11,20H2,1-9H3,(H,21,23)/t12-,13-/m0/s1. The summed E-state index contributed by atoms with van der Waals surface area (Å²) in [6, 6.07) is -2.19. The van der Waals surface area contributed by atoms with Gasteiger partial charge in [0, 0.05) is 0 Å². The van der Waals surface area contributed by atoms with Crippen LogP contribution < -0.4 is 11.1 Å². The number of carbonyl (C=O) groups excluding carboxylic acids is 3. The summed E-state index contributed by atoms with van der Waals surface area (Å²) in [5.41, 5.74) is 3.88. The normalized spacial score (nSPS) is 14.9. The van der Waals surface area contributed by atoms with Gasteiger partial charge >= 0.3 is 11.9 Å². The molecule has 0 saturated heterocycles. The van der Waals surface area contributed by atoms with Gasteiger partial charge in [-0.05, 0) is 62.3 Å². The summed E-state index contributed by atoms with van der Waals surface area (Å²) >= 11 is 0. The van der Waals surface area contributed by atoms with Crippen LogP contribution in [0, 0.1) is 0 Å². The zero-order valence-corrected chi connectivity index (χ0v) is 18.1. The van der Waals surface area contributed by atoms with E-state index in [-0.39, 0.29) is 13.0 Å². The quantitative estimate of drug-likeness (QED) is 0.637. The molecule has 3 N–H and O–H groups in total. The van der Waals surface area contributed by atoms with Crippen LogP contribution >= 0.6 is 0 Å². The van der Waals surface area contributed by atoms with Crippen LogP contribution in [-0.2, 0) is 28.6 Å². The molecule has 0 aliphatic rings. The smallest absolute Gasteiger partial charge is 0.331 e. The van der Waals surface area contributed by atoms with Crippen LogP contribution in [0.2, 0.25) is 0 Å². The minimum absolute atomic E-state index is 0.0800. The maximum Gasteiger partial charge on any atom is 0.331 e. The lowest BCUT2D eigenvalue weighted by atomic mass is 10.1. The molecular formula is C19H36N2O6. The number of nitrogens with one attached hydrogen (secondary N) is 1. The Morgan fingerprint density at radius 2 is 1.33 bits per heavy atom. The summed E-state index contributed by atoms with van der Waals surface area (Å²) in [6.45, 7) is 15.7. The Morgan fingerprint density at radius 1 is 0.852 bits per heavy atom. The summed E-state index contributed by atoms with van der Waals surface area (Å²) in [7, 11) is 0. The molecule has 0 radical (unpaired) electrons. The summed E-state index contributed by atoms with van der Waals surface area (Å²) < 4.78 is 16.1. The lowest BCUT2D eigenvalue weighted by Crippen LogP contribution is -2.53. The van der Waals surface area contributed by atoms with Gasteiger partial charge in [-0.25, -0.2) is 4.79 Å². The highest BCUT2D eigenvalue weighted by Crippen LogP contribution is 2.12. The zero-order chi connectivity index (χ0) is 21.6. The van der Waals surface area contributed by atoms with Gasteiger partial charge in [0.1, 0.15) is 11.2 Å². The predicted octanol–water partition coefficient (Wildman–Crippen LogP) is 1.69. The topological polar surface area (TPSA) is 117 Å². The number of rotatable bonds is 7.